The van der Waals surface area contributed by atoms with Crippen LogP contribution in [0.5, 0.6) is 0 Å². The molecule has 0 aromatic rings. The largest absolute Gasteiger partial charge is 0.381 e. The lowest BCUT2D eigenvalue weighted by atomic mass is 9.73. The van der Waals surface area contributed by atoms with Crippen molar-refractivity contribution in [3.05, 3.63) is 0 Å². The van der Waals surface area contributed by atoms with E-state index in [0.717, 1.165) is 32.7 Å². The van der Waals surface area contributed by atoms with E-state index < -0.39 is 0 Å². The van der Waals surface area contributed by atoms with Gasteiger partial charge in [0.2, 0.25) is 0 Å². The molecule has 0 aromatic carbocycles. The highest BCUT2D eigenvalue weighted by Gasteiger charge is 2.40. The second-order valence-corrected chi connectivity index (χ2v) is 6.97. The van der Waals surface area contributed by atoms with E-state index in [1.165, 1.54) is 44.9 Å². The maximum absolute atomic E-state index is 6.51. The van der Waals surface area contributed by atoms with Crippen LogP contribution in [0.2, 0.25) is 0 Å². The van der Waals surface area contributed by atoms with Crippen molar-refractivity contribution in [2.24, 2.45) is 17.6 Å². The smallest absolute Gasteiger partial charge is 0.0685 e. The van der Waals surface area contributed by atoms with Gasteiger partial charge in [0, 0.05) is 25.9 Å². The Labute approximate surface area is 117 Å². The Morgan fingerprint density at radius 1 is 1.11 bits per heavy atom. The number of rotatable bonds is 3. The van der Waals surface area contributed by atoms with Gasteiger partial charge in [0.1, 0.15) is 0 Å². The number of hydrogen-bond acceptors (Lipinski definition) is 3. The summed E-state index contributed by atoms with van der Waals surface area (Å²) in [5, 5.41) is 0. The van der Waals surface area contributed by atoms with Gasteiger partial charge in [0.15, 0.2) is 0 Å². The summed E-state index contributed by atoms with van der Waals surface area (Å²) in [4.78, 5) is 0. The monoisotopic (exact) mass is 267 g/mol. The topological polar surface area (TPSA) is 44.5 Å². The molecule has 2 aliphatic heterocycles. The van der Waals surface area contributed by atoms with E-state index in [4.69, 9.17) is 15.2 Å². The van der Waals surface area contributed by atoms with Crippen molar-refractivity contribution in [2.45, 2.75) is 69.4 Å². The van der Waals surface area contributed by atoms with Crippen molar-refractivity contribution in [3.63, 3.8) is 0 Å². The van der Waals surface area contributed by atoms with Crippen LogP contribution in [0.3, 0.4) is 0 Å². The van der Waals surface area contributed by atoms with E-state index in [-0.39, 0.29) is 5.60 Å². The Bertz CT molecular complexity index is 277. The third-order valence-electron chi connectivity index (χ3n) is 5.53. The third kappa shape index (κ3) is 3.32. The van der Waals surface area contributed by atoms with Crippen LogP contribution in [-0.4, -0.2) is 31.5 Å². The summed E-state index contributed by atoms with van der Waals surface area (Å²) < 4.78 is 11.7. The quantitative estimate of drug-likeness (QED) is 0.855. The molecule has 0 amide bonds. The Morgan fingerprint density at radius 3 is 2.68 bits per heavy atom. The van der Waals surface area contributed by atoms with E-state index in [1.807, 2.05) is 0 Å². The van der Waals surface area contributed by atoms with Crippen molar-refractivity contribution in [1.29, 1.82) is 0 Å². The van der Waals surface area contributed by atoms with Crippen LogP contribution in [0, 0.1) is 11.8 Å². The lowest BCUT2D eigenvalue weighted by Crippen LogP contribution is -2.46. The zero-order chi connectivity index (χ0) is 13.1. The summed E-state index contributed by atoms with van der Waals surface area (Å²) >= 11 is 0. The number of nitrogens with two attached hydrogens (primary N) is 1. The first-order valence-corrected chi connectivity index (χ1v) is 8.25. The summed E-state index contributed by atoms with van der Waals surface area (Å²) in [6.45, 7) is 2.80. The number of ether oxygens (including phenoxy) is 2. The molecule has 2 N–H and O–H groups in total. The molecule has 3 heteroatoms. The molecule has 1 aliphatic carbocycles. The minimum absolute atomic E-state index is 0.199. The summed E-state index contributed by atoms with van der Waals surface area (Å²) in [5.74, 6) is 1.38. The Morgan fingerprint density at radius 2 is 1.95 bits per heavy atom. The molecular weight excluding hydrogens is 238 g/mol. The third-order valence-corrected chi connectivity index (χ3v) is 5.53. The van der Waals surface area contributed by atoms with E-state index in [1.54, 1.807) is 0 Å². The van der Waals surface area contributed by atoms with Gasteiger partial charge in [-0.15, -0.1) is 0 Å². The molecule has 3 fully saturated rings. The van der Waals surface area contributed by atoms with Crippen LogP contribution in [0.25, 0.3) is 0 Å². The predicted molar refractivity (Wildman–Crippen MR) is 76.0 cm³/mol. The second-order valence-electron chi connectivity index (χ2n) is 6.97. The van der Waals surface area contributed by atoms with Crippen molar-refractivity contribution >= 4 is 0 Å². The number of hydrogen-bond donors (Lipinski definition) is 1. The minimum Gasteiger partial charge on any atom is -0.381 e. The fraction of sp³-hybridized carbons (Fsp3) is 1.00. The predicted octanol–water partition coefficient (Wildman–Crippen LogP) is 2.87. The minimum atomic E-state index is 0.199. The lowest BCUT2D eigenvalue weighted by Gasteiger charge is -2.45. The van der Waals surface area contributed by atoms with Crippen LogP contribution in [0.1, 0.15) is 57.8 Å². The molecule has 2 heterocycles. The second kappa shape index (κ2) is 6.11. The van der Waals surface area contributed by atoms with E-state index in [9.17, 15) is 0 Å². The average molecular weight is 267 g/mol. The Balaban J connectivity index is 1.54. The average Bonchev–Trinajstić information content (AvgIpc) is 2.92. The maximum Gasteiger partial charge on any atom is 0.0685 e. The molecule has 3 unspecified atom stereocenters. The first kappa shape index (κ1) is 13.8. The molecular formula is C16H29NO2. The van der Waals surface area contributed by atoms with Crippen molar-refractivity contribution in [3.8, 4) is 0 Å². The highest BCUT2D eigenvalue weighted by atomic mass is 16.5. The molecule has 3 aliphatic rings. The summed E-state index contributed by atoms with van der Waals surface area (Å²) in [7, 11) is 0. The van der Waals surface area contributed by atoms with Gasteiger partial charge in [-0.1, -0.05) is 19.3 Å². The summed E-state index contributed by atoms with van der Waals surface area (Å²) in [5.41, 5.74) is 6.71. The van der Waals surface area contributed by atoms with E-state index in [0.29, 0.717) is 17.9 Å². The molecule has 1 spiro atoms. The van der Waals surface area contributed by atoms with Crippen LogP contribution in [0.15, 0.2) is 0 Å². The van der Waals surface area contributed by atoms with E-state index >= 15 is 0 Å². The zero-order valence-corrected chi connectivity index (χ0v) is 12.1. The van der Waals surface area contributed by atoms with Gasteiger partial charge >= 0.3 is 0 Å². The Hall–Kier alpha value is -0.120. The van der Waals surface area contributed by atoms with Gasteiger partial charge in [0.25, 0.3) is 0 Å². The molecule has 0 radical (unpaired) electrons. The van der Waals surface area contributed by atoms with Crippen molar-refractivity contribution in [1.82, 2.24) is 0 Å². The van der Waals surface area contributed by atoms with Gasteiger partial charge in [-0.05, 0) is 50.4 Å². The van der Waals surface area contributed by atoms with Crippen molar-refractivity contribution < 1.29 is 9.47 Å². The summed E-state index contributed by atoms with van der Waals surface area (Å²) in [6.07, 6.45) is 11.4. The standard InChI is InChI=1S/C16H29NO2/c17-15(10-13-4-8-18-12-13)14-5-9-19-16(11-14)6-2-1-3-7-16/h13-15H,1-12,17H2. The van der Waals surface area contributed by atoms with Crippen molar-refractivity contribution in [2.75, 3.05) is 19.8 Å². The summed E-state index contributed by atoms with van der Waals surface area (Å²) in [6, 6.07) is 0.356. The first-order chi connectivity index (χ1) is 9.27. The maximum atomic E-state index is 6.51. The van der Waals surface area contributed by atoms with Gasteiger partial charge < -0.3 is 15.2 Å². The highest BCUT2D eigenvalue weighted by Crippen LogP contribution is 2.42. The normalized spacial score (nSPS) is 36.5. The molecule has 0 aromatic heterocycles. The molecule has 3 rings (SSSR count). The SMILES string of the molecule is NC(CC1CCOC1)C1CCOC2(CCCCC2)C1. The molecule has 1 saturated carbocycles. The van der Waals surface area contributed by atoms with Crippen LogP contribution >= 0.6 is 0 Å². The van der Waals surface area contributed by atoms with Gasteiger partial charge in [-0.3, -0.25) is 0 Å². The fourth-order valence-corrected chi connectivity index (χ4v) is 4.32. The highest BCUT2D eigenvalue weighted by molar-refractivity contribution is 4.93. The molecule has 3 nitrogen and oxygen atoms in total. The molecule has 0 bridgehead atoms. The van der Waals surface area contributed by atoms with E-state index in [2.05, 4.69) is 0 Å². The lowest BCUT2D eigenvalue weighted by molar-refractivity contribution is -0.121. The fourth-order valence-electron chi connectivity index (χ4n) is 4.32. The Kier molecular flexibility index (Phi) is 4.45. The molecule has 110 valence electrons. The molecule has 3 atom stereocenters. The first-order valence-electron chi connectivity index (χ1n) is 8.25. The zero-order valence-electron chi connectivity index (χ0n) is 12.1. The van der Waals surface area contributed by atoms with Crippen LogP contribution in [0.4, 0.5) is 0 Å². The van der Waals surface area contributed by atoms with Gasteiger partial charge in [-0.25, -0.2) is 0 Å². The van der Waals surface area contributed by atoms with Gasteiger partial charge in [-0.2, -0.15) is 0 Å². The molecule has 19 heavy (non-hydrogen) atoms. The molecule has 2 saturated heterocycles. The van der Waals surface area contributed by atoms with Crippen LogP contribution < -0.4 is 5.73 Å². The van der Waals surface area contributed by atoms with Crippen LogP contribution in [-0.2, 0) is 9.47 Å². The van der Waals surface area contributed by atoms with Gasteiger partial charge in [0.05, 0.1) is 5.60 Å².